The Bertz CT molecular complexity index is 1280. The number of piperazine rings is 1. The molecule has 1 N–H and O–H groups in total. The summed E-state index contributed by atoms with van der Waals surface area (Å²) in [6.45, 7) is 17.6. The van der Waals surface area contributed by atoms with Crippen LogP contribution in [0.2, 0.25) is 0 Å². The van der Waals surface area contributed by atoms with Crippen molar-refractivity contribution in [3.8, 4) is 5.69 Å². The Hall–Kier alpha value is -2.97. The number of aromatic nitrogens is 3. The van der Waals surface area contributed by atoms with Gasteiger partial charge in [-0.1, -0.05) is 19.1 Å². The van der Waals surface area contributed by atoms with E-state index in [1.165, 1.54) is 0 Å². The summed E-state index contributed by atoms with van der Waals surface area (Å²) in [6.07, 6.45) is 0.733. The van der Waals surface area contributed by atoms with E-state index < -0.39 is 0 Å². The van der Waals surface area contributed by atoms with Gasteiger partial charge in [0.2, 0.25) is 5.91 Å². The minimum absolute atomic E-state index is 0.00341. The van der Waals surface area contributed by atoms with E-state index in [4.69, 9.17) is 5.10 Å². The van der Waals surface area contributed by atoms with Gasteiger partial charge >= 0.3 is 0 Å². The first-order valence-electron chi connectivity index (χ1n) is 13.2. The predicted molar refractivity (Wildman–Crippen MR) is 145 cm³/mol. The Morgan fingerprint density at radius 2 is 1.75 bits per heavy atom. The number of rotatable bonds is 9. The summed E-state index contributed by atoms with van der Waals surface area (Å²) in [5, 5.41) is 8.87. The van der Waals surface area contributed by atoms with Gasteiger partial charge in [0, 0.05) is 63.2 Å². The lowest BCUT2D eigenvalue weighted by atomic mass is 10.0. The van der Waals surface area contributed by atoms with Gasteiger partial charge in [0.15, 0.2) is 0 Å². The predicted octanol–water partition coefficient (Wildman–Crippen LogP) is 2.82. The molecule has 36 heavy (non-hydrogen) atoms. The first kappa shape index (κ1) is 26.1. The molecule has 3 aromatic rings. The number of benzene rings is 1. The standard InChI is InChI=1S/C28H40N6O2/c1-6-31-15-17-32(18-16-31)14-13-29-25(35)12-11-24-21(4)26-22(5)30-34(23-10-8-9-20(3)19-23)27(26)33(7-2)28(24)36/h8-10,19H,6-7,11-18H2,1-5H3,(H,29,35). The Balaban J connectivity index is 1.48. The van der Waals surface area contributed by atoms with Gasteiger partial charge < -0.3 is 10.2 Å². The Morgan fingerprint density at radius 3 is 2.42 bits per heavy atom. The van der Waals surface area contributed by atoms with Gasteiger partial charge in [-0.05, 0) is 63.9 Å². The van der Waals surface area contributed by atoms with Crippen molar-refractivity contribution in [1.82, 2.24) is 29.5 Å². The van der Waals surface area contributed by atoms with Crippen molar-refractivity contribution in [2.24, 2.45) is 0 Å². The molecule has 8 heteroatoms. The molecule has 2 aromatic heterocycles. The molecule has 8 nitrogen and oxygen atoms in total. The van der Waals surface area contributed by atoms with Gasteiger partial charge in [-0.25, -0.2) is 4.68 Å². The summed E-state index contributed by atoms with van der Waals surface area (Å²) in [4.78, 5) is 31.0. The number of hydrogen-bond acceptors (Lipinski definition) is 5. The van der Waals surface area contributed by atoms with Crippen LogP contribution in [-0.4, -0.2) is 75.9 Å². The molecular weight excluding hydrogens is 452 g/mol. The number of likely N-dealkylation sites (N-methyl/N-ethyl adjacent to an activating group) is 1. The first-order chi connectivity index (χ1) is 17.3. The van der Waals surface area contributed by atoms with E-state index in [0.29, 0.717) is 31.5 Å². The molecule has 1 fully saturated rings. The van der Waals surface area contributed by atoms with Crippen molar-refractivity contribution >= 4 is 16.9 Å². The SMILES string of the molecule is CCN1CCN(CCNC(=O)CCc2c(C)c3c(C)nn(-c4cccc(C)c4)c3n(CC)c2=O)CC1. The van der Waals surface area contributed by atoms with Crippen molar-refractivity contribution in [2.75, 3.05) is 45.8 Å². The highest BCUT2D eigenvalue weighted by molar-refractivity contribution is 5.85. The van der Waals surface area contributed by atoms with Gasteiger partial charge in [-0.3, -0.25) is 19.1 Å². The fraction of sp³-hybridized carbons (Fsp3) is 0.536. The maximum Gasteiger partial charge on any atom is 0.255 e. The molecule has 3 heterocycles. The maximum atomic E-state index is 13.6. The van der Waals surface area contributed by atoms with E-state index in [-0.39, 0.29) is 11.5 Å². The van der Waals surface area contributed by atoms with Crippen LogP contribution in [0.25, 0.3) is 16.7 Å². The van der Waals surface area contributed by atoms with Crippen molar-refractivity contribution < 1.29 is 4.79 Å². The van der Waals surface area contributed by atoms with Crippen LogP contribution < -0.4 is 10.9 Å². The van der Waals surface area contributed by atoms with E-state index in [9.17, 15) is 9.59 Å². The summed E-state index contributed by atoms with van der Waals surface area (Å²) < 4.78 is 3.68. The number of pyridine rings is 1. The minimum atomic E-state index is -0.0297. The zero-order chi connectivity index (χ0) is 25.8. The van der Waals surface area contributed by atoms with Gasteiger partial charge in [0.05, 0.1) is 11.4 Å². The molecule has 0 bridgehead atoms. The molecule has 0 unspecified atom stereocenters. The van der Waals surface area contributed by atoms with Crippen molar-refractivity contribution in [1.29, 1.82) is 0 Å². The molecule has 0 aliphatic carbocycles. The van der Waals surface area contributed by atoms with Crippen molar-refractivity contribution in [2.45, 2.75) is 54.0 Å². The number of nitrogens with one attached hydrogen (secondary N) is 1. The zero-order valence-corrected chi connectivity index (χ0v) is 22.4. The second-order valence-corrected chi connectivity index (χ2v) is 9.81. The zero-order valence-electron chi connectivity index (χ0n) is 22.4. The third-order valence-corrected chi connectivity index (χ3v) is 7.45. The molecule has 0 atom stereocenters. The van der Waals surface area contributed by atoms with Crippen LogP contribution in [0.15, 0.2) is 29.1 Å². The summed E-state index contributed by atoms with van der Waals surface area (Å²) >= 11 is 0. The molecule has 194 valence electrons. The summed E-state index contributed by atoms with van der Waals surface area (Å²) in [5.74, 6) is -0.00341. The van der Waals surface area contributed by atoms with Gasteiger partial charge in [0.25, 0.3) is 5.56 Å². The van der Waals surface area contributed by atoms with E-state index >= 15 is 0 Å². The summed E-state index contributed by atoms with van der Waals surface area (Å²) in [7, 11) is 0. The Kier molecular flexibility index (Phi) is 8.26. The molecule has 0 spiro atoms. The molecule has 1 aliphatic rings. The highest BCUT2D eigenvalue weighted by Crippen LogP contribution is 2.26. The van der Waals surface area contributed by atoms with Crippen LogP contribution in [0.3, 0.4) is 0 Å². The molecular formula is C28H40N6O2. The fourth-order valence-electron chi connectivity index (χ4n) is 5.31. The molecule has 1 aliphatic heterocycles. The number of fused-ring (bicyclic) bond motifs is 1. The average Bonchev–Trinajstić information content (AvgIpc) is 3.21. The van der Waals surface area contributed by atoms with Crippen LogP contribution >= 0.6 is 0 Å². The van der Waals surface area contributed by atoms with Crippen LogP contribution in [-0.2, 0) is 17.8 Å². The lowest BCUT2D eigenvalue weighted by molar-refractivity contribution is -0.121. The quantitative estimate of drug-likeness (QED) is 0.497. The van der Waals surface area contributed by atoms with E-state index in [1.54, 1.807) is 4.57 Å². The number of hydrogen-bond donors (Lipinski definition) is 1. The number of carbonyl (C=O) groups is 1. The van der Waals surface area contributed by atoms with Crippen LogP contribution in [0, 0.1) is 20.8 Å². The van der Waals surface area contributed by atoms with Crippen LogP contribution in [0.1, 0.15) is 42.7 Å². The monoisotopic (exact) mass is 492 g/mol. The van der Waals surface area contributed by atoms with Gasteiger partial charge in [-0.15, -0.1) is 0 Å². The third-order valence-electron chi connectivity index (χ3n) is 7.45. The Labute approximate surface area is 213 Å². The largest absolute Gasteiger partial charge is 0.355 e. The highest BCUT2D eigenvalue weighted by Gasteiger charge is 2.21. The molecule has 0 saturated carbocycles. The molecule has 1 saturated heterocycles. The fourth-order valence-corrected chi connectivity index (χ4v) is 5.31. The van der Waals surface area contributed by atoms with Crippen molar-refractivity contribution in [3.63, 3.8) is 0 Å². The topological polar surface area (TPSA) is 75.4 Å². The first-order valence-corrected chi connectivity index (χ1v) is 13.2. The van der Waals surface area contributed by atoms with Crippen molar-refractivity contribution in [3.05, 3.63) is 57.0 Å². The molecule has 1 amide bonds. The third kappa shape index (κ3) is 5.39. The molecule has 1 aromatic carbocycles. The number of amides is 1. The second kappa shape index (κ2) is 11.4. The van der Waals surface area contributed by atoms with Crippen LogP contribution in [0.4, 0.5) is 0 Å². The van der Waals surface area contributed by atoms with E-state index in [0.717, 1.165) is 72.8 Å². The second-order valence-electron chi connectivity index (χ2n) is 9.81. The van der Waals surface area contributed by atoms with Gasteiger partial charge in [-0.2, -0.15) is 5.10 Å². The average molecular weight is 493 g/mol. The molecule has 4 rings (SSSR count). The smallest absolute Gasteiger partial charge is 0.255 e. The number of nitrogens with zero attached hydrogens (tertiary/aromatic N) is 5. The maximum absolute atomic E-state index is 13.6. The van der Waals surface area contributed by atoms with Gasteiger partial charge in [0.1, 0.15) is 5.65 Å². The number of carbonyl (C=O) groups excluding carboxylic acids is 1. The normalized spacial score (nSPS) is 15.0. The Morgan fingerprint density at radius 1 is 1.03 bits per heavy atom. The minimum Gasteiger partial charge on any atom is -0.355 e. The number of aryl methyl sites for hydroxylation is 4. The van der Waals surface area contributed by atoms with E-state index in [2.05, 4.69) is 41.1 Å². The summed E-state index contributed by atoms with van der Waals surface area (Å²) in [6, 6.07) is 8.15. The van der Waals surface area contributed by atoms with Crippen LogP contribution in [0.5, 0.6) is 0 Å². The lowest BCUT2D eigenvalue weighted by Crippen LogP contribution is -2.48. The van der Waals surface area contributed by atoms with E-state index in [1.807, 2.05) is 37.6 Å². The highest BCUT2D eigenvalue weighted by atomic mass is 16.1. The molecule has 0 radical (unpaired) electrons. The lowest BCUT2D eigenvalue weighted by Gasteiger charge is -2.33. The summed E-state index contributed by atoms with van der Waals surface area (Å²) in [5.41, 5.74) is 5.40.